The number of benzene rings is 3. The SMILES string of the molecule is Cc1ncc(-c2ccc(C3=CCC(c4ccc(-c5cnc(C6CCCN6C(=O)OC(C)(C)C)[nH]5)cc4)C3c3ccccc3)cc2)[nH]1. The Morgan fingerprint density at radius 1 is 0.826 bits per heavy atom. The molecule has 5 aromatic rings. The van der Waals surface area contributed by atoms with Gasteiger partial charge in [0.05, 0.1) is 29.8 Å². The number of aromatic amines is 2. The van der Waals surface area contributed by atoms with Crippen molar-refractivity contribution in [3.63, 3.8) is 0 Å². The maximum Gasteiger partial charge on any atom is 0.410 e. The molecule has 7 rings (SSSR count). The summed E-state index contributed by atoms with van der Waals surface area (Å²) in [5, 5.41) is 0. The summed E-state index contributed by atoms with van der Waals surface area (Å²) in [6, 6.07) is 28.5. The van der Waals surface area contributed by atoms with Gasteiger partial charge < -0.3 is 14.7 Å². The van der Waals surface area contributed by atoms with Crippen LogP contribution >= 0.6 is 0 Å². The van der Waals surface area contributed by atoms with Crippen molar-refractivity contribution in [3.05, 3.63) is 126 Å². The average Bonchev–Trinajstić information content (AvgIpc) is 3.87. The molecule has 3 heterocycles. The molecule has 46 heavy (non-hydrogen) atoms. The van der Waals surface area contributed by atoms with Crippen LogP contribution in [0.4, 0.5) is 4.79 Å². The van der Waals surface area contributed by atoms with Crippen molar-refractivity contribution in [1.82, 2.24) is 24.8 Å². The van der Waals surface area contributed by atoms with Crippen LogP contribution in [-0.2, 0) is 4.74 Å². The van der Waals surface area contributed by atoms with Gasteiger partial charge in [0.1, 0.15) is 17.2 Å². The highest BCUT2D eigenvalue weighted by molar-refractivity contribution is 5.77. The van der Waals surface area contributed by atoms with Gasteiger partial charge in [0, 0.05) is 12.5 Å². The molecule has 2 N–H and O–H groups in total. The third-order valence-corrected chi connectivity index (χ3v) is 9.16. The Hall–Kier alpha value is -4.91. The molecule has 1 amide bonds. The second kappa shape index (κ2) is 12.1. The van der Waals surface area contributed by atoms with E-state index in [1.165, 1.54) is 22.3 Å². The standard InChI is InChI=1S/C39H41N5O2/c1-25-40-23-33(42-25)28-16-12-26(13-17-28)31-20-21-32(36(31)30-9-6-5-7-10-30)27-14-18-29(19-15-27)34-24-41-37(43-34)35-11-8-22-44(35)38(45)46-39(2,3)4/h5-7,9-10,12-20,23-24,32,35-36H,8,11,21-22H2,1-4H3,(H,40,42)(H,41,43). The van der Waals surface area contributed by atoms with Crippen LogP contribution < -0.4 is 0 Å². The molecule has 0 spiro atoms. The van der Waals surface area contributed by atoms with Crippen LogP contribution in [0.15, 0.2) is 97.3 Å². The fourth-order valence-corrected chi connectivity index (χ4v) is 6.99. The van der Waals surface area contributed by atoms with Crippen LogP contribution in [0.3, 0.4) is 0 Å². The molecule has 1 saturated heterocycles. The van der Waals surface area contributed by atoms with E-state index in [9.17, 15) is 4.79 Å². The Kier molecular flexibility index (Phi) is 7.85. The zero-order chi connectivity index (χ0) is 31.8. The number of hydrogen-bond donors (Lipinski definition) is 2. The van der Waals surface area contributed by atoms with Gasteiger partial charge in [-0.3, -0.25) is 4.90 Å². The number of rotatable bonds is 6. The predicted octanol–water partition coefficient (Wildman–Crippen LogP) is 9.20. The molecule has 3 unspecified atom stereocenters. The van der Waals surface area contributed by atoms with Crippen LogP contribution in [0.2, 0.25) is 0 Å². The fourth-order valence-electron chi connectivity index (χ4n) is 6.99. The minimum atomic E-state index is -0.528. The molecule has 1 aliphatic heterocycles. The van der Waals surface area contributed by atoms with Gasteiger partial charge in [-0.1, -0.05) is 84.9 Å². The van der Waals surface area contributed by atoms with Gasteiger partial charge in [-0.25, -0.2) is 14.8 Å². The number of hydrogen-bond acceptors (Lipinski definition) is 4. The normalized spacial score (nSPS) is 19.8. The number of aromatic nitrogens is 4. The second-order valence-electron chi connectivity index (χ2n) is 13.5. The molecule has 2 aliphatic rings. The average molecular weight is 612 g/mol. The molecule has 3 aromatic carbocycles. The Morgan fingerprint density at radius 2 is 1.48 bits per heavy atom. The first-order valence-corrected chi connectivity index (χ1v) is 16.3. The molecule has 0 radical (unpaired) electrons. The van der Waals surface area contributed by atoms with Gasteiger partial charge in [0.2, 0.25) is 0 Å². The first kappa shape index (κ1) is 29.8. The molecular formula is C39H41N5O2. The van der Waals surface area contributed by atoms with Gasteiger partial charge in [-0.2, -0.15) is 0 Å². The third-order valence-electron chi connectivity index (χ3n) is 9.16. The van der Waals surface area contributed by atoms with Crippen LogP contribution in [0, 0.1) is 6.92 Å². The predicted molar refractivity (Wildman–Crippen MR) is 182 cm³/mol. The van der Waals surface area contributed by atoms with Gasteiger partial charge in [-0.15, -0.1) is 0 Å². The Bertz CT molecular complexity index is 1840. The molecule has 3 atom stereocenters. The Labute approximate surface area is 270 Å². The summed E-state index contributed by atoms with van der Waals surface area (Å²) in [7, 11) is 0. The van der Waals surface area contributed by atoms with Gasteiger partial charge in [0.15, 0.2) is 0 Å². The lowest BCUT2D eigenvalue weighted by atomic mass is 9.78. The maximum absolute atomic E-state index is 12.9. The summed E-state index contributed by atoms with van der Waals surface area (Å²) in [5.41, 5.74) is 8.96. The number of amides is 1. The summed E-state index contributed by atoms with van der Waals surface area (Å²) in [5.74, 6) is 2.32. The molecule has 1 aliphatic carbocycles. The monoisotopic (exact) mass is 611 g/mol. The van der Waals surface area contributed by atoms with E-state index in [2.05, 4.69) is 99.9 Å². The number of imidazole rings is 2. The topological polar surface area (TPSA) is 86.9 Å². The van der Waals surface area contributed by atoms with E-state index in [0.717, 1.165) is 53.4 Å². The number of likely N-dealkylation sites (tertiary alicyclic amines) is 1. The van der Waals surface area contributed by atoms with Crippen LogP contribution in [-0.4, -0.2) is 43.1 Å². The van der Waals surface area contributed by atoms with Crippen molar-refractivity contribution in [2.75, 3.05) is 6.54 Å². The minimum absolute atomic E-state index is 0.102. The third kappa shape index (κ3) is 6.02. The first-order chi connectivity index (χ1) is 22.2. The number of nitrogens with one attached hydrogen (secondary N) is 2. The molecular weight excluding hydrogens is 570 g/mol. The summed E-state index contributed by atoms with van der Waals surface area (Å²) >= 11 is 0. The zero-order valence-electron chi connectivity index (χ0n) is 27.0. The Balaban J connectivity index is 1.11. The lowest BCUT2D eigenvalue weighted by molar-refractivity contribution is 0.0218. The van der Waals surface area contributed by atoms with E-state index in [0.29, 0.717) is 12.5 Å². The van der Waals surface area contributed by atoms with Gasteiger partial charge >= 0.3 is 6.09 Å². The Morgan fingerprint density at radius 3 is 2.15 bits per heavy atom. The number of ether oxygens (including phenoxy) is 1. The zero-order valence-corrected chi connectivity index (χ0v) is 27.0. The van der Waals surface area contributed by atoms with Gasteiger partial charge in [0.25, 0.3) is 0 Å². The van der Waals surface area contributed by atoms with Crippen molar-refractivity contribution in [3.8, 4) is 22.5 Å². The van der Waals surface area contributed by atoms with Crippen molar-refractivity contribution >= 4 is 11.7 Å². The molecule has 234 valence electrons. The van der Waals surface area contributed by atoms with Crippen LogP contribution in [0.1, 0.15) is 86.3 Å². The highest BCUT2D eigenvalue weighted by Gasteiger charge is 2.35. The van der Waals surface area contributed by atoms with Gasteiger partial charge in [-0.05, 0) is 86.3 Å². The number of carbonyl (C=O) groups excluding carboxylic acids is 1. The maximum atomic E-state index is 12.9. The minimum Gasteiger partial charge on any atom is -0.444 e. The first-order valence-electron chi connectivity index (χ1n) is 16.3. The molecule has 0 bridgehead atoms. The molecule has 7 heteroatoms. The summed E-state index contributed by atoms with van der Waals surface area (Å²) in [6.07, 6.45) is 8.70. The smallest absolute Gasteiger partial charge is 0.410 e. The summed E-state index contributed by atoms with van der Waals surface area (Å²) in [6.45, 7) is 8.35. The lowest BCUT2D eigenvalue weighted by Gasteiger charge is -2.27. The lowest BCUT2D eigenvalue weighted by Crippen LogP contribution is -2.36. The highest BCUT2D eigenvalue weighted by atomic mass is 16.6. The summed E-state index contributed by atoms with van der Waals surface area (Å²) in [4.78, 5) is 30.6. The van der Waals surface area contributed by atoms with Crippen molar-refractivity contribution in [1.29, 1.82) is 0 Å². The van der Waals surface area contributed by atoms with Crippen molar-refractivity contribution < 1.29 is 9.53 Å². The van der Waals surface area contributed by atoms with E-state index < -0.39 is 5.60 Å². The number of aryl methyl sites for hydroxylation is 1. The number of allylic oxidation sites excluding steroid dienone is 2. The molecule has 7 nitrogen and oxygen atoms in total. The van der Waals surface area contributed by atoms with Crippen LogP contribution in [0.5, 0.6) is 0 Å². The number of nitrogens with zero attached hydrogens (tertiary/aromatic N) is 3. The fraction of sp³-hybridized carbons (Fsp3) is 0.308. The van der Waals surface area contributed by atoms with E-state index in [1.54, 1.807) is 4.90 Å². The van der Waals surface area contributed by atoms with E-state index in [1.807, 2.05) is 40.1 Å². The van der Waals surface area contributed by atoms with E-state index in [-0.39, 0.29) is 18.1 Å². The van der Waals surface area contributed by atoms with Crippen molar-refractivity contribution in [2.24, 2.45) is 0 Å². The number of carbonyl (C=O) groups is 1. The number of H-pyrrole nitrogens is 2. The van der Waals surface area contributed by atoms with Crippen LogP contribution in [0.25, 0.3) is 28.1 Å². The largest absolute Gasteiger partial charge is 0.444 e. The molecule has 1 fully saturated rings. The summed E-state index contributed by atoms with van der Waals surface area (Å²) < 4.78 is 5.66. The second-order valence-corrected chi connectivity index (χ2v) is 13.5. The van der Waals surface area contributed by atoms with E-state index >= 15 is 0 Å². The quantitative estimate of drug-likeness (QED) is 0.200. The highest BCUT2D eigenvalue weighted by Crippen LogP contribution is 2.50. The molecule has 2 aromatic heterocycles. The van der Waals surface area contributed by atoms with Crippen molar-refractivity contribution in [2.45, 2.75) is 70.4 Å². The van der Waals surface area contributed by atoms with E-state index in [4.69, 9.17) is 9.72 Å². The molecule has 0 saturated carbocycles.